The molecule has 0 aromatic heterocycles. The van der Waals surface area contributed by atoms with Gasteiger partial charge in [0.2, 0.25) is 11.4 Å². The van der Waals surface area contributed by atoms with Crippen LogP contribution >= 0.6 is 0 Å². The van der Waals surface area contributed by atoms with Gasteiger partial charge in [-0.15, -0.1) is 0 Å². The summed E-state index contributed by atoms with van der Waals surface area (Å²) in [5.74, 6) is -2.07. The van der Waals surface area contributed by atoms with Gasteiger partial charge in [0.05, 0.1) is 24.9 Å². The summed E-state index contributed by atoms with van der Waals surface area (Å²) in [5.41, 5.74) is -1.96. The van der Waals surface area contributed by atoms with E-state index in [9.17, 15) is 14.4 Å². The summed E-state index contributed by atoms with van der Waals surface area (Å²) in [6.07, 6.45) is 1.42. The first-order valence-electron chi connectivity index (χ1n) is 8.00. The van der Waals surface area contributed by atoms with Gasteiger partial charge in [0, 0.05) is 6.92 Å². The molecule has 1 unspecified atom stereocenters. The zero-order valence-corrected chi connectivity index (χ0v) is 14.6. The van der Waals surface area contributed by atoms with Crippen LogP contribution in [0.2, 0.25) is 0 Å². The molecule has 0 aromatic carbocycles. The van der Waals surface area contributed by atoms with E-state index >= 15 is 0 Å². The molecule has 1 atom stereocenters. The Kier molecular flexibility index (Phi) is 6.56. The molecule has 0 saturated carbocycles. The monoisotopic (exact) mass is 329 g/mol. The molecular formula is C16H27NO6. The topological polar surface area (TPSA) is 94.2 Å². The Balaban J connectivity index is 2.87. The fraction of sp³-hybridized carbons (Fsp3) is 0.812. The lowest BCUT2D eigenvalue weighted by Crippen LogP contribution is -2.61. The molecule has 7 nitrogen and oxygen atoms in total. The summed E-state index contributed by atoms with van der Waals surface area (Å²) >= 11 is 0. The largest absolute Gasteiger partial charge is 0.464 e. The number of rotatable bonds is 9. The minimum absolute atomic E-state index is 0.0990. The summed E-state index contributed by atoms with van der Waals surface area (Å²) in [6, 6.07) is 0. The van der Waals surface area contributed by atoms with Gasteiger partial charge in [-0.05, 0) is 47.0 Å². The Hall–Kier alpha value is -1.63. The van der Waals surface area contributed by atoms with Gasteiger partial charge in [0.1, 0.15) is 0 Å². The molecule has 1 fully saturated rings. The molecule has 132 valence electrons. The van der Waals surface area contributed by atoms with Crippen molar-refractivity contribution in [1.29, 1.82) is 0 Å². The lowest BCUT2D eigenvalue weighted by molar-refractivity contribution is -0.168. The smallest absolute Gasteiger partial charge is 0.343 e. The summed E-state index contributed by atoms with van der Waals surface area (Å²) in [5, 5.41) is 2.45. The first kappa shape index (κ1) is 19.4. The van der Waals surface area contributed by atoms with E-state index in [-0.39, 0.29) is 31.3 Å². The molecule has 0 spiro atoms. The van der Waals surface area contributed by atoms with Crippen LogP contribution in [-0.4, -0.2) is 48.3 Å². The molecule has 1 aliphatic heterocycles. The van der Waals surface area contributed by atoms with Crippen LogP contribution in [0.5, 0.6) is 0 Å². The molecule has 1 N–H and O–H groups in total. The molecule has 1 rings (SSSR count). The standard InChI is InChI=1S/C16H27NO6/c1-6-21-13(19)16(17-11(3)18,14(20)22-7-2)10-8-9-12-15(4,5)23-12/h12H,6-10H2,1-5H3,(H,17,18). The van der Waals surface area contributed by atoms with Gasteiger partial charge in [-0.3, -0.25) is 4.79 Å². The molecule has 1 saturated heterocycles. The van der Waals surface area contributed by atoms with E-state index in [4.69, 9.17) is 14.2 Å². The third kappa shape index (κ3) is 4.92. The third-order valence-electron chi connectivity index (χ3n) is 3.82. The number of ether oxygens (including phenoxy) is 3. The number of carbonyl (C=O) groups is 3. The molecule has 7 heteroatoms. The Morgan fingerprint density at radius 2 is 1.61 bits per heavy atom. The van der Waals surface area contributed by atoms with Crippen molar-refractivity contribution < 1.29 is 28.6 Å². The average Bonchev–Trinajstić information content (AvgIpc) is 3.04. The van der Waals surface area contributed by atoms with E-state index in [1.54, 1.807) is 13.8 Å². The Bertz CT molecular complexity index is 441. The number of carbonyl (C=O) groups excluding carboxylic acids is 3. The van der Waals surface area contributed by atoms with Crippen LogP contribution in [0.15, 0.2) is 0 Å². The Morgan fingerprint density at radius 1 is 1.13 bits per heavy atom. The second kappa shape index (κ2) is 7.77. The molecule has 23 heavy (non-hydrogen) atoms. The average molecular weight is 329 g/mol. The Labute approximate surface area is 137 Å². The zero-order chi connectivity index (χ0) is 17.7. The highest BCUT2D eigenvalue weighted by molar-refractivity contribution is 6.07. The molecule has 1 aliphatic rings. The van der Waals surface area contributed by atoms with E-state index in [2.05, 4.69) is 5.32 Å². The van der Waals surface area contributed by atoms with Gasteiger partial charge in [-0.2, -0.15) is 0 Å². The van der Waals surface area contributed by atoms with Crippen molar-refractivity contribution in [3.05, 3.63) is 0 Å². The van der Waals surface area contributed by atoms with Crippen LogP contribution < -0.4 is 5.32 Å². The fourth-order valence-electron chi connectivity index (χ4n) is 2.55. The van der Waals surface area contributed by atoms with Crippen LogP contribution in [0.3, 0.4) is 0 Å². The quantitative estimate of drug-likeness (QED) is 0.390. The van der Waals surface area contributed by atoms with E-state index < -0.39 is 23.4 Å². The minimum atomic E-state index is -1.79. The van der Waals surface area contributed by atoms with Gasteiger partial charge in [-0.25, -0.2) is 9.59 Å². The van der Waals surface area contributed by atoms with Crippen molar-refractivity contribution in [2.75, 3.05) is 13.2 Å². The molecule has 0 aromatic rings. The van der Waals surface area contributed by atoms with Gasteiger partial charge in [0.25, 0.3) is 0 Å². The van der Waals surface area contributed by atoms with Crippen molar-refractivity contribution in [2.45, 2.75) is 71.1 Å². The van der Waals surface area contributed by atoms with E-state index in [1.807, 2.05) is 13.8 Å². The van der Waals surface area contributed by atoms with Crippen molar-refractivity contribution in [2.24, 2.45) is 0 Å². The maximum Gasteiger partial charge on any atom is 0.343 e. The van der Waals surface area contributed by atoms with Crippen LogP contribution in [0.25, 0.3) is 0 Å². The number of amides is 1. The zero-order valence-electron chi connectivity index (χ0n) is 14.6. The normalized spacial score (nSPS) is 18.9. The second-order valence-electron chi connectivity index (χ2n) is 6.13. The van der Waals surface area contributed by atoms with Crippen LogP contribution in [0, 0.1) is 0 Å². The minimum Gasteiger partial charge on any atom is -0.464 e. The first-order valence-corrected chi connectivity index (χ1v) is 8.00. The van der Waals surface area contributed by atoms with E-state index in [1.165, 1.54) is 6.92 Å². The highest BCUT2D eigenvalue weighted by atomic mass is 16.6. The number of nitrogens with one attached hydrogen (secondary N) is 1. The fourth-order valence-corrected chi connectivity index (χ4v) is 2.55. The number of hydrogen-bond donors (Lipinski definition) is 1. The summed E-state index contributed by atoms with van der Waals surface area (Å²) in [7, 11) is 0. The molecule has 1 amide bonds. The molecule has 1 heterocycles. The van der Waals surface area contributed by atoms with Crippen molar-refractivity contribution in [3.63, 3.8) is 0 Å². The second-order valence-corrected chi connectivity index (χ2v) is 6.13. The number of esters is 2. The highest BCUT2D eigenvalue weighted by Gasteiger charge is 2.51. The SMILES string of the molecule is CCOC(=O)C(CCCC1OC1(C)C)(NC(C)=O)C(=O)OCC. The predicted octanol–water partition coefficient (Wildman–Crippen LogP) is 1.34. The molecular weight excluding hydrogens is 302 g/mol. The van der Waals surface area contributed by atoms with Gasteiger partial charge in [-0.1, -0.05) is 0 Å². The van der Waals surface area contributed by atoms with Gasteiger partial charge in [0.15, 0.2) is 0 Å². The summed E-state index contributed by atoms with van der Waals surface area (Å²) < 4.78 is 15.5. The maximum atomic E-state index is 12.4. The number of hydrogen-bond acceptors (Lipinski definition) is 6. The maximum absolute atomic E-state index is 12.4. The van der Waals surface area contributed by atoms with Gasteiger partial charge < -0.3 is 19.5 Å². The van der Waals surface area contributed by atoms with Crippen LogP contribution in [0.1, 0.15) is 53.9 Å². The lowest BCUT2D eigenvalue weighted by atomic mass is 9.90. The van der Waals surface area contributed by atoms with Crippen LogP contribution in [0.4, 0.5) is 0 Å². The van der Waals surface area contributed by atoms with E-state index in [0.717, 1.165) is 0 Å². The predicted molar refractivity (Wildman–Crippen MR) is 82.6 cm³/mol. The molecule has 0 aliphatic carbocycles. The highest BCUT2D eigenvalue weighted by Crippen LogP contribution is 2.39. The lowest BCUT2D eigenvalue weighted by Gasteiger charge is -2.29. The van der Waals surface area contributed by atoms with Crippen LogP contribution in [-0.2, 0) is 28.6 Å². The van der Waals surface area contributed by atoms with Crippen molar-refractivity contribution >= 4 is 17.8 Å². The van der Waals surface area contributed by atoms with Gasteiger partial charge >= 0.3 is 11.9 Å². The van der Waals surface area contributed by atoms with Crippen molar-refractivity contribution in [3.8, 4) is 0 Å². The third-order valence-corrected chi connectivity index (χ3v) is 3.82. The summed E-state index contributed by atoms with van der Waals surface area (Å²) in [4.78, 5) is 36.3. The summed E-state index contributed by atoms with van der Waals surface area (Å²) in [6.45, 7) is 8.71. The van der Waals surface area contributed by atoms with E-state index in [0.29, 0.717) is 12.8 Å². The number of epoxide rings is 1. The molecule has 0 radical (unpaired) electrons. The Morgan fingerprint density at radius 3 is 1.96 bits per heavy atom. The molecule has 0 bridgehead atoms. The van der Waals surface area contributed by atoms with Crippen molar-refractivity contribution in [1.82, 2.24) is 5.32 Å². The first-order chi connectivity index (χ1) is 10.7.